The van der Waals surface area contributed by atoms with E-state index < -0.39 is 32.4 Å². The van der Waals surface area contributed by atoms with E-state index in [1.807, 2.05) is 24.3 Å². The first kappa shape index (κ1) is 53.9. The van der Waals surface area contributed by atoms with Crippen LogP contribution in [-0.2, 0) is 23.1 Å². The van der Waals surface area contributed by atoms with Gasteiger partial charge in [-0.05, 0) is 102 Å². The molecule has 0 saturated carbocycles. The predicted molar refractivity (Wildman–Crippen MR) is 295 cm³/mol. The summed E-state index contributed by atoms with van der Waals surface area (Å²) in [5.41, 5.74) is 15.4. The number of allylic oxidation sites excluding steroid dienone is 2. The summed E-state index contributed by atoms with van der Waals surface area (Å²) in [4.78, 5) is 56.8. The number of aliphatic hydroxyl groups is 1. The standard InChI is InChI=1S/C57H71N10O9P/c1-10-65-41-27-43-39(25-37(41)33(3)29-56(65,5)6)47(40-26-38-34(4)30-57(7,8)66(11-2)42(38)28-44(40)74-43)35-19-14-15-20-36(35)53(70)64(9)24-18-21-46(68)59-22-16-12-13-17-23-60-55-63-48-51(58)61-32-62-52(48)67(55)54-49(69)50-45(75-54)31-73-77(71,72)76-50/h14-15,19-20,25-30,32,45,49-50,54,58,69H,10-13,16-18,21-24,31H2,1-9H3,(H3,59,68,70,71,72)/t45-,49-,50-,54-/m1/s1. The maximum atomic E-state index is 14.7. The number of nitrogens with zero attached hydrogens (tertiary/aromatic N) is 7. The number of nitrogens with two attached hydrogens (primary N) is 1. The molecule has 3 aromatic carbocycles. The summed E-state index contributed by atoms with van der Waals surface area (Å²) in [6.45, 7) is 20.5. The molecule has 10 rings (SSSR count). The lowest BCUT2D eigenvalue weighted by Gasteiger charge is -2.43. The van der Waals surface area contributed by atoms with Gasteiger partial charge < -0.3 is 54.7 Å². The number of rotatable bonds is 17. The molecule has 1 unspecified atom stereocenters. The quantitative estimate of drug-likeness (QED) is 0.0448. The van der Waals surface area contributed by atoms with Gasteiger partial charge in [-0.2, -0.15) is 0 Å². The molecule has 0 radical (unpaired) electrons. The summed E-state index contributed by atoms with van der Waals surface area (Å²) in [7, 11) is -2.78. The van der Waals surface area contributed by atoms with Crippen LogP contribution in [0.2, 0.25) is 0 Å². The second-order valence-electron chi connectivity index (χ2n) is 21.8. The van der Waals surface area contributed by atoms with Gasteiger partial charge in [0.25, 0.3) is 13.7 Å². The predicted octanol–water partition coefficient (Wildman–Crippen LogP) is 6.27. The number of phosphoric ester groups is 1. The number of aromatic nitrogens is 4. The average molecular weight is 1070 g/mol. The maximum absolute atomic E-state index is 14.7. The zero-order valence-electron chi connectivity index (χ0n) is 45.5. The van der Waals surface area contributed by atoms with Crippen molar-refractivity contribution in [2.45, 2.75) is 130 Å². The number of phosphoric acid groups is 1. The third-order valence-electron chi connectivity index (χ3n) is 15.6. The van der Waals surface area contributed by atoms with Crippen molar-refractivity contribution in [1.29, 1.82) is 0 Å². The maximum Gasteiger partial charge on any atom is 0.268 e. The van der Waals surface area contributed by atoms with E-state index in [-0.39, 0.29) is 41.7 Å². The van der Waals surface area contributed by atoms with E-state index in [1.54, 1.807) is 11.9 Å². The van der Waals surface area contributed by atoms with Crippen molar-refractivity contribution in [3.63, 3.8) is 0 Å². The van der Waals surface area contributed by atoms with Crippen LogP contribution in [0.15, 0.2) is 67.0 Å². The largest absolute Gasteiger partial charge is 0.756 e. The highest BCUT2D eigenvalue weighted by Gasteiger charge is 2.51. The molecule has 5 aromatic rings. The van der Waals surface area contributed by atoms with Crippen molar-refractivity contribution in [3.8, 4) is 11.5 Å². The minimum Gasteiger partial charge on any atom is -0.756 e. The molecule has 77 heavy (non-hydrogen) atoms. The van der Waals surface area contributed by atoms with Crippen LogP contribution in [0.25, 0.3) is 27.9 Å². The second-order valence-corrected chi connectivity index (χ2v) is 23.2. The van der Waals surface area contributed by atoms with Crippen LogP contribution in [0.3, 0.4) is 0 Å². The van der Waals surface area contributed by atoms with E-state index in [9.17, 15) is 24.2 Å². The number of anilines is 3. The Bertz CT molecular complexity index is 3430. The molecule has 7 heterocycles. The molecule has 408 valence electrons. The van der Waals surface area contributed by atoms with Crippen LogP contribution < -0.4 is 46.0 Å². The zero-order valence-corrected chi connectivity index (χ0v) is 46.4. The van der Waals surface area contributed by atoms with Gasteiger partial charge in [-0.15, -0.1) is 0 Å². The third kappa shape index (κ3) is 10.2. The molecule has 5 aliphatic heterocycles. The first-order chi connectivity index (χ1) is 36.7. The number of hydrogen-bond acceptors (Lipinski definition) is 15. The summed E-state index contributed by atoms with van der Waals surface area (Å²) in [6, 6.07) is 16.7. The van der Waals surface area contributed by atoms with Crippen molar-refractivity contribution >= 4 is 65.0 Å². The minimum atomic E-state index is -4.58. The summed E-state index contributed by atoms with van der Waals surface area (Å²) in [5, 5.41) is 19.5. The van der Waals surface area contributed by atoms with Crippen molar-refractivity contribution in [1.82, 2.24) is 34.3 Å². The summed E-state index contributed by atoms with van der Waals surface area (Å²) < 4.78 is 38.8. The van der Waals surface area contributed by atoms with Gasteiger partial charge in [-0.1, -0.05) is 37.1 Å². The second kappa shape index (κ2) is 21.1. The zero-order chi connectivity index (χ0) is 54.7. The van der Waals surface area contributed by atoms with E-state index in [1.165, 1.54) is 22.0 Å². The Balaban J connectivity index is 0.777. The Morgan fingerprint density at radius 3 is 2.47 bits per heavy atom. The molecule has 19 nitrogen and oxygen atoms in total. The monoisotopic (exact) mass is 1070 g/mol. The number of amides is 2. The first-order valence-electron chi connectivity index (χ1n) is 26.9. The molecule has 5 N–H and O–H groups in total. The molecule has 20 heteroatoms. The van der Waals surface area contributed by atoms with E-state index in [4.69, 9.17) is 24.3 Å². The van der Waals surface area contributed by atoms with E-state index >= 15 is 0 Å². The smallest absolute Gasteiger partial charge is 0.268 e. The number of likely N-dealkylation sites (N-methyl/N-ethyl adjacent to an activating group) is 2. The molecule has 2 aromatic heterocycles. The number of hydrogen-bond donors (Lipinski definition) is 4. The molecule has 0 aliphatic carbocycles. The van der Waals surface area contributed by atoms with Gasteiger partial charge >= 0.3 is 0 Å². The molecular weight excluding hydrogens is 1000 g/mol. The topological polar surface area (TPSA) is 235 Å². The van der Waals surface area contributed by atoms with Gasteiger partial charge in [0.1, 0.15) is 42.7 Å². The van der Waals surface area contributed by atoms with E-state index in [2.05, 4.69) is 127 Å². The van der Waals surface area contributed by atoms with Crippen LogP contribution in [0.4, 0.5) is 17.5 Å². The Hall–Kier alpha value is -6.47. The number of carbonyl (C=O) groups is 2. The fraction of sp³-hybridized carbons (Fsp3) is 0.474. The number of nitrogens with one attached hydrogen (secondary N) is 2. The molecule has 0 spiro atoms. The van der Waals surface area contributed by atoms with Crippen LogP contribution >= 0.6 is 7.82 Å². The highest BCUT2D eigenvalue weighted by Crippen LogP contribution is 2.51. The van der Waals surface area contributed by atoms with Crippen molar-refractivity contribution < 1.29 is 42.7 Å². The Kier molecular flexibility index (Phi) is 14.7. The van der Waals surface area contributed by atoms with Gasteiger partial charge in [0.2, 0.25) is 17.2 Å². The minimum absolute atomic E-state index is 0.0678. The Morgan fingerprint density at radius 1 is 0.948 bits per heavy atom. The molecule has 2 saturated heterocycles. The van der Waals surface area contributed by atoms with Gasteiger partial charge in [0, 0.05) is 98.3 Å². The normalized spacial score (nSPS) is 22.7. The lowest BCUT2D eigenvalue weighted by molar-refractivity contribution is -0.245. The van der Waals surface area contributed by atoms with Crippen LogP contribution in [0.5, 0.6) is 11.5 Å². The van der Waals surface area contributed by atoms with Gasteiger partial charge in [0.15, 0.2) is 28.7 Å². The molecular formula is C57H71N10O9P. The third-order valence-corrected chi connectivity index (χ3v) is 16.6. The fourth-order valence-electron chi connectivity index (χ4n) is 12.1. The number of nitrogen functional groups attached to an aromatic ring is 1. The van der Waals surface area contributed by atoms with E-state index in [0.717, 1.165) is 94.4 Å². The van der Waals surface area contributed by atoms with Crippen molar-refractivity contribution in [2.24, 2.45) is 0 Å². The summed E-state index contributed by atoms with van der Waals surface area (Å²) in [6.07, 6.45) is 5.50. The van der Waals surface area contributed by atoms with Gasteiger partial charge in [-0.25, -0.2) is 19.5 Å². The van der Waals surface area contributed by atoms with Crippen molar-refractivity contribution in [2.75, 3.05) is 62.3 Å². The number of carbonyl (C=O) groups excluding carboxylic acids is 2. The molecule has 0 bridgehead atoms. The fourth-order valence-corrected chi connectivity index (χ4v) is 13.1. The van der Waals surface area contributed by atoms with Gasteiger partial charge in [0.05, 0.1) is 18.2 Å². The number of ether oxygens (including phenoxy) is 2. The number of benzene rings is 3. The van der Waals surface area contributed by atoms with Crippen LogP contribution in [-0.4, -0.2) is 117 Å². The summed E-state index contributed by atoms with van der Waals surface area (Å²) >= 11 is 0. The van der Waals surface area contributed by atoms with Gasteiger partial charge in [-0.3, -0.25) is 18.7 Å². The lowest BCUT2D eigenvalue weighted by Crippen LogP contribution is -2.49. The molecule has 5 atom stereocenters. The van der Waals surface area contributed by atoms with E-state index in [0.29, 0.717) is 48.7 Å². The first-order valence-corrected chi connectivity index (χ1v) is 28.4. The summed E-state index contributed by atoms with van der Waals surface area (Å²) in [5.74, 6) is 1.76. The highest BCUT2D eigenvalue weighted by molar-refractivity contribution is 7.45. The lowest BCUT2D eigenvalue weighted by atomic mass is 9.83. The number of aliphatic hydroxyl groups excluding tert-OH is 1. The Morgan fingerprint density at radius 2 is 1.70 bits per heavy atom. The highest BCUT2D eigenvalue weighted by atomic mass is 31.2. The average Bonchev–Trinajstić information content (AvgIpc) is 4.03. The SMILES string of the molecule is CCN1c2cc3c(cc2C(C)=CC1(C)C)C(c1ccccc1C(=O)N(C)CCCC(=O)NCCCCCCNc1nc2c(N)ncnc2n1[C@@H]1O[C@@H]2COP(=O)([O-])O[C@H]2[C@H]1O)=c1cc2c(cc1O3)=[N+](CC)C(C)(C)C=C2C. The number of fused-ring (bicyclic) bond motifs is 6. The van der Waals surface area contributed by atoms with Crippen molar-refractivity contribution in [3.05, 3.63) is 105 Å². The Labute approximate surface area is 449 Å². The van der Waals surface area contributed by atoms with Crippen LogP contribution in [0, 0.1) is 0 Å². The molecule has 2 amide bonds. The molecule has 5 aliphatic rings. The number of imidazole rings is 1. The van der Waals surface area contributed by atoms with Crippen LogP contribution in [0.1, 0.15) is 133 Å². The molecule has 2 fully saturated rings. The number of unbranched alkanes of at least 4 members (excludes halogenated alkanes) is 3.